The molecule has 0 saturated carbocycles. The molecule has 1 amide bonds. The maximum Gasteiger partial charge on any atom is 0.224 e. The number of anilines is 1. The van der Waals surface area contributed by atoms with Crippen molar-refractivity contribution in [1.82, 2.24) is 9.97 Å². The van der Waals surface area contributed by atoms with Gasteiger partial charge in [-0.1, -0.05) is 18.2 Å². The normalized spacial score (nSPS) is 10.9. The fourth-order valence-corrected chi connectivity index (χ4v) is 3.62. The molecule has 4 rings (SSSR count). The average Bonchev–Trinajstić information content (AvgIpc) is 3.16. The van der Waals surface area contributed by atoms with Gasteiger partial charge in [-0.25, -0.2) is 9.37 Å². The lowest BCUT2D eigenvalue weighted by molar-refractivity contribution is -0.116. The minimum Gasteiger partial charge on any atom is -0.324 e. The van der Waals surface area contributed by atoms with Gasteiger partial charge in [0.2, 0.25) is 5.91 Å². The summed E-state index contributed by atoms with van der Waals surface area (Å²) in [6, 6.07) is 15.8. The van der Waals surface area contributed by atoms with E-state index in [-0.39, 0.29) is 11.7 Å². The Hall–Kier alpha value is -3.12. The number of hydrogen-bond acceptors (Lipinski definition) is 4. The van der Waals surface area contributed by atoms with Crippen molar-refractivity contribution in [2.24, 2.45) is 0 Å². The number of nitrogens with one attached hydrogen (secondary N) is 1. The number of amides is 1. The number of aromatic nitrogens is 2. The Kier molecular flexibility index (Phi) is 4.89. The van der Waals surface area contributed by atoms with Gasteiger partial charge >= 0.3 is 0 Å². The highest BCUT2D eigenvalue weighted by molar-refractivity contribution is 7.09. The van der Waals surface area contributed by atoms with Gasteiger partial charge in [-0.2, -0.15) is 0 Å². The second-order valence-electron chi connectivity index (χ2n) is 6.06. The minimum absolute atomic E-state index is 0.0771. The van der Waals surface area contributed by atoms with Crippen LogP contribution in [0.15, 0.2) is 66.2 Å². The highest BCUT2D eigenvalue weighted by Gasteiger charge is 2.10. The highest BCUT2D eigenvalue weighted by Crippen LogP contribution is 2.24. The van der Waals surface area contributed by atoms with Crippen molar-refractivity contribution in [1.29, 1.82) is 0 Å². The molecule has 2 aromatic heterocycles. The maximum absolute atomic E-state index is 13.0. The lowest BCUT2D eigenvalue weighted by Crippen LogP contribution is -2.12. The van der Waals surface area contributed by atoms with E-state index in [2.05, 4.69) is 15.3 Å². The van der Waals surface area contributed by atoms with Crippen LogP contribution in [0.5, 0.6) is 0 Å². The molecule has 0 aliphatic heterocycles. The van der Waals surface area contributed by atoms with Gasteiger partial charge < -0.3 is 5.32 Å². The number of carbonyl (C=O) groups is 1. The SMILES string of the molecule is O=C(CCc1nc(-c2ccc(F)cc2)cs1)Nc1cccc2cccnc12. The summed E-state index contributed by atoms with van der Waals surface area (Å²) in [5, 5.41) is 6.72. The van der Waals surface area contributed by atoms with Gasteiger partial charge in [-0.05, 0) is 36.4 Å². The van der Waals surface area contributed by atoms with E-state index in [1.165, 1.54) is 23.5 Å². The molecule has 0 fully saturated rings. The van der Waals surface area contributed by atoms with Crippen molar-refractivity contribution >= 4 is 33.8 Å². The maximum atomic E-state index is 13.0. The third-order valence-corrected chi connectivity index (χ3v) is 5.07. The first-order valence-corrected chi connectivity index (χ1v) is 9.41. The van der Waals surface area contributed by atoms with E-state index in [0.717, 1.165) is 27.2 Å². The Labute approximate surface area is 159 Å². The largest absolute Gasteiger partial charge is 0.324 e. The monoisotopic (exact) mass is 377 g/mol. The van der Waals surface area contributed by atoms with E-state index < -0.39 is 0 Å². The van der Waals surface area contributed by atoms with Crippen LogP contribution < -0.4 is 5.32 Å². The van der Waals surface area contributed by atoms with E-state index in [4.69, 9.17) is 0 Å². The molecule has 0 radical (unpaired) electrons. The first kappa shape index (κ1) is 17.3. The Morgan fingerprint density at radius 1 is 1.07 bits per heavy atom. The Bertz CT molecular complexity index is 1090. The second kappa shape index (κ2) is 7.63. The van der Waals surface area contributed by atoms with Crippen LogP contribution in [0.4, 0.5) is 10.1 Å². The first-order valence-electron chi connectivity index (χ1n) is 8.53. The Balaban J connectivity index is 1.40. The van der Waals surface area contributed by atoms with E-state index in [0.29, 0.717) is 18.5 Å². The van der Waals surface area contributed by atoms with Gasteiger partial charge in [-0.3, -0.25) is 9.78 Å². The molecule has 1 N–H and O–H groups in total. The van der Waals surface area contributed by atoms with Gasteiger partial charge in [0.25, 0.3) is 0 Å². The zero-order chi connectivity index (χ0) is 18.6. The number of thiazole rings is 1. The van der Waals surface area contributed by atoms with Crippen molar-refractivity contribution in [2.45, 2.75) is 12.8 Å². The van der Waals surface area contributed by atoms with Gasteiger partial charge in [0.1, 0.15) is 5.82 Å². The topological polar surface area (TPSA) is 54.9 Å². The van der Waals surface area contributed by atoms with Crippen molar-refractivity contribution in [3.63, 3.8) is 0 Å². The Morgan fingerprint density at radius 3 is 2.74 bits per heavy atom. The molecule has 0 unspecified atom stereocenters. The van der Waals surface area contributed by atoms with Crippen LogP contribution >= 0.6 is 11.3 Å². The average molecular weight is 377 g/mol. The quantitative estimate of drug-likeness (QED) is 0.528. The third-order valence-electron chi connectivity index (χ3n) is 4.16. The van der Waals surface area contributed by atoms with Crippen LogP contribution in [0.25, 0.3) is 22.2 Å². The fraction of sp³-hybridized carbons (Fsp3) is 0.0952. The zero-order valence-electron chi connectivity index (χ0n) is 14.4. The second-order valence-corrected chi connectivity index (χ2v) is 7.00. The molecular formula is C21H16FN3OS. The van der Waals surface area contributed by atoms with Crippen LogP contribution in [0.3, 0.4) is 0 Å². The number of nitrogens with zero attached hydrogens (tertiary/aromatic N) is 2. The number of para-hydroxylation sites is 1. The summed E-state index contributed by atoms with van der Waals surface area (Å²) in [5.74, 6) is -0.347. The third kappa shape index (κ3) is 4.01. The van der Waals surface area contributed by atoms with Crippen LogP contribution in [0.1, 0.15) is 11.4 Å². The number of aryl methyl sites for hydroxylation is 1. The molecule has 4 aromatic rings. The molecule has 2 heterocycles. The van der Waals surface area contributed by atoms with Crippen LogP contribution in [-0.4, -0.2) is 15.9 Å². The number of pyridine rings is 1. The summed E-state index contributed by atoms with van der Waals surface area (Å²) in [4.78, 5) is 21.2. The molecule has 4 nitrogen and oxygen atoms in total. The smallest absolute Gasteiger partial charge is 0.224 e. The summed E-state index contributed by atoms with van der Waals surface area (Å²) in [5.41, 5.74) is 3.16. The van der Waals surface area contributed by atoms with Gasteiger partial charge in [0.05, 0.1) is 21.9 Å². The van der Waals surface area contributed by atoms with E-state index in [1.54, 1.807) is 18.3 Å². The fourth-order valence-electron chi connectivity index (χ4n) is 2.82. The standard InChI is InChI=1S/C21H16FN3OS/c22-16-8-6-14(7-9-16)18-13-27-20(25-18)11-10-19(26)24-17-5-1-3-15-4-2-12-23-21(15)17/h1-9,12-13H,10-11H2,(H,24,26). The number of hydrogen-bond donors (Lipinski definition) is 1. The predicted molar refractivity (Wildman–Crippen MR) is 106 cm³/mol. The lowest BCUT2D eigenvalue weighted by atomic mass is 10.2. The van der Waals surface area contributed by atoms with Gasteiger partial charge in [-0.15, -0.1) is 11.3 Å². The summed E-state index contributed by atoms with van der Waals surface area (Å²) in [6.45, 7) is 0. The number of carbonyl (C=O) groups excluding carboxylic acids is 1. The van der Waals surface area contributed by atoms with Crippen molar-refractivity contribution in [3.8, 4) is 11.3 Å². The van der Waals surface area contributed by atoms with Crippen molar-refractivity contribution < 1.29 is 9.18 Å². The predicted octanol–water partition coefficient (Wildman–Crippen LogP) is 5.07. The van der Waals surface area contributed by atoms with Gasteiger partial charge in [0, 0.05) is 35.4 Å². The molecule has 0 aliphatic rings. The molecule has 2 aromatic carbocycles. The van der Waals surface area contributed by atoms with Gasteiger partial charge in [0.15, 0.2) is 0 Å². The van der Waals surface area contributed by atoms with E-state index in [1.807, 2.05) is 35.7 Å². The summed E-state index contributed by atoms with van der Waals surface area (Å²) in [6.07, 6.45) is 2.60. The number of benzene rings is 2. The molecular weight excluding hydrogens is 361 g/mol. The molecule has 6 heteroatoms. The lowest BCUT2D eigenvalue weighted by Gasteiger charge is -2.07. The number of rotatable bonds is 5. The van der Waals surface area contributed by atoms with E-state index in [9.17, 15) is 9.18 Å². The van der Waals surface area contributed by atoms with Crippen molar-refractivity contribution in [3.05, 3.63) is 77.0 Å². The zero-order valence-corrected chi connectivity index (χ0v) is 15.2. The minimum atomic E-state index is -0.270. The number of halogens is 1. The molecule has 0 spiro atoms. The van der Waals surface area contributed by atoms with Crippen LogP contribution in [0.2, 0.25) is 0 Å². The van der Waals surface area contributed by atoms with Crippen LogP contribution in [-0.2, 0) is 11.2 Å². The van der Waals surface area contributed by atoms with Crippen molar-refractivity contribution in [2.75, 3.05) is 5.32 Å². The molecule has 0 aliphatic carbocycles. The molecule has 0 atom stereocenters. The molecule has 0 bridgehead atoms. The van der Waals surface area contributed by atoms with Crippen LogP contribution in [0, 0.1) is 5.82 Å². The molecule has 27 heavy (non-hydrogen) atoms. The first-order chi connectivity index (χ1) is 13.2. The molecule has 134 valence electrons. The van der Waals surface area contributed by atoms with E-state index >= 15 is 0 Å². The summed E-state index contributed by atoms with van der Waals surface area (Å²) >= 11 is 1.50. The molecule has 0 saturated heterocycles. The highest BCUT2D eigenvalue weighted by atomic mass is 32.1. The number of fused-ring (bicyclic) bond motifs is 1. The summed E-state index contributed by atoms with van der Waals surface area (Å²) in [7, 11) is 0. The Morgan fingerprint density at radius 2 is 1.89 bits per heavy atom. The summed E-state index contributed by atoms with van der Waals surface area (Å²) < 4.78 is 13.0.